The largest absolute Gasteiger partial charge is 0.368 e. The van der Waals surface area contributed by atoms with Crippen molar-refractivity contribution >= 4 is 5.91 Å². The van der Waals surface area contributed by atoms with Gasteiger partial charge in [0, 0.05) is 12.6 Å². The molecule has 104 valence electrons. The molecule has 4 nitrogen and oxygen atoms in total. The van der Waals surface area contributed by atoms with E-state index in [2.05, 4.69) is 17.1 Å². The highest BCUT2D eigenvalue weighted by Crippen LogP contribution is 2.27. The number of nitrogens with zero attached hydrogens (tertiary/aromatic N) is 1. The Hall–Kier alpha value is -0.610. The second-order valence-electron chi connectivity index (χ2n) is 5.86. The van der Waals surface area contributed by atoms with Crippen LogP contribution < -0.4 is 11.1 Å². The molecule has 3 N–H and O–H groups in total. The predicted octanol–water partition coefficient (Wildman–Crippen LogP) is 1.25. The lowest BCUT2D eigenvalue weighted by atomic mass is 9.88. The van der Waals surface area contributed by atoms with Crippen LogP contribution in [0.4, 0.5) is 0 Å². The van der Waals surface area contributed by atoms with Gasteiger partial charge in [-0.1, -0.05) is 19.8 Å². The fourth-order valence-corrected chi connectivity index (χ4v) is 3.43. The molecule has 18 heavy (non-hydrogen) atoms. The Morgan fingerprint density at radius 3 is 2.61 bits per heavy atom. The number of primary amides is 1. The van der Waals surface area contributed by atoms with Gasteiger partial charge in [-0.3, -0.25) is 4.79 Å². The number of carbonyl (C=O) groups is 1. The lowest BCUT2D eigenvalue weighted by Gasteiger charge is -2.34. The highest BCUT2D eigenvalue weighted by atomic mass is 16.1. The number of hydrogen-bond donors (Lipinski definition) is 2. The molecule has 2 rings (SSSR count). The van der Waals surface area contributed by atoms with Crippen LogP contribution in [0, 0.1) is 0 Å². The monoisotopic (exact) mass is 253 g/mol. The van der Waals surface area contributed by atoms with E-state index in [1.54, 1.807) is 0 Å². The molecule has 0 aromatic rings. The number of amides is 1. The Labute approximate surface area is 110 Å². The lowest BCUT2D eigenvalue weighted by Crippen LogP contribution is -2.58. The number of likely N-dealkylation sites (tertiary alicyclic amines) is 1. The van der Waals surface area contributed by atoms with Crippen LogP contribution in [-0.4, -0.2) is 42.0 Å². The van der Waals surface area contributed by atoms with Crippen molar-refractivity contribution in [2.75, 3.05) is 19.6 Å². The summed E-state index contributed by atoms with van der Waals surface area (Å²) in [7, 11) is 0. The van der Waals surface area contributed by atoms with Crippen molar-refractivity contribution < 1.29 is 4.79 Å². The molecule has 1 aliphatic carbocycles. The number of hydrogen-bond acceptors (Lipinski definition) is 3. The molecular formula is C14H27N3O. The van der Waals surface area contributed by atoms with Crippen LogP contribution in [-0.2, 0) is 4.79 Å². The first-order valence-electron chi connectivity index (χ1n) is 7.46. The van der Waals surface area contributed by atoms with Gasteiger partial charge in [-0.15, -0.1) is 0 Å². The molecule has 2 aliphatic rings. The Kier molecular flexibility index (Phi) is 4.62. The van der Waals surface area contributed by atoms with Gasteiger partial charge in [0.1, 0.15) is 0 Å². The fourth-order valence-electron chi connectivity index (χ4n) is 3.43. The maximum Gasteiger partial charge on any atom is 0.237 e. The average Bonchev–Trinajstić information content (AvgIpc) is 2.75. The normalized spacial score (nSPS) is 31.4. The van der Waals surface area contributed by atoms with Crippen molar-refractivity contribution in [1.82, 2.24) is 10.2 Å². The minimum absolute atomic E-state index is 0.146. The van der Waals surface area contributed by atoms with Gasteiger partial charge in [0.2, 0.25) is 5.91 Å². The molecule has 4 heteroatoms. The Bertz CT molecular complexity index is 289. The zero-order chi connectivity index (χ0) is 13.0. The summed E-state index contributed by atoms with van der Waals surface area (Å²) >= 11 is 0. The summed E-state index contributed by atoms with van der Waals surface area (Å²) in [6.45, 7) is 5.33. The quantitative estimate of drug-likeness (QED) is 0.793. The summed E-state index contributed by atoms with van der Waals surface area (Å²) in [5, 5.41) is 3.61. The van der Waals surface area contributed by atoms with Crippen LogP contribution >= 0.6 is 0 Å². The van der Waals surface area contributed by atoms with Gasteiger partial charge in [0.25, 0.3) is 0 Å². The van der Waals surface area contributed by atoms with Crippen molar-refractivity contribution in [1.29, 1.82) is 0 Å². The van der Waals surface area contributed by atoms with Gasteiger partial charge < -0.3 is 16.0 Å². The van der Waals surface area contributed by atoms with E-state index in [0.717, 1.165) is 38.9 Å². The van der Waals surface area contributed by atoms with E-state index in [4.69, 9.17) is 5.73 Å². The molecule has 1 atom stereocenters. The first-order chi connectivity index (χ1) is 8.66. The number of nitrogens with two attached hydrogens (primary N) is 1. The zero-order valence-electron chi connectivity index (χ0n) is 11.6. The van der Waals surface area contributed by atoms with Crippen molar-refractivity contribution in [2.45, 2.75) is 63.5 Å². The van der Waals surface area contributed by atoms with Crippen LogP contribution in [0.1, 0.15) is 51.9 Å². The van der Waals surface area contributed by atoms with Crippen molar-refractivity contribution in [2.24, 2.45) is 5.73 Å². The summed E-state index contributed by atoms with van der Waals surface area (Å²) in [5.41, 5.74) is 5.27. The first kappa shape index (κ1) is 13.8. The minimum Gasteiger partial charge on any atom is -0.368 e. The highest BCUT2D eigenvalue weighted by Gasteiger charge is 2.39. The third kappa shape index (κ3) is 3.04. The summed E-state index contributed by atoms with van der Waals surface area (Å²) in [6, 6.07) is 0.505. The molecule has 0 radical (unpaired) electrons. The number of carbonyl (C=O) groups excluding carboxylic acids is 1. The van der Waals surface area contributed by atoms with E-state index in [0.29, 0.717) is 6.04 Å². The van der Waals surface area contributed by atoms with Gasteiger partial charge in [-0.05, 0) is 45.2 Å². The Morgan fingerprint density at radius 2 is 2.00 bits per heavy atom. The third-order valence-corrected chi connectivity index (χ3v) is 4.69. The average molecular weight is 253 g/mol. The second-order valence-corrected chi connectivity index (χ2v) is 5.86. The molecule has 0 aromatic carbocycles. The van der Waals surface area contributed by atoms with Gasteiger partial charge in [0.05, 0.1) is 5.54 Å². The van der Waals surface area contributed by atoms with E-state index in [1.807, 2.05) is 0 Å². The molecule has 0 bridgehead atoms. The van der Waals surface area contributed by atoms with E-state index in [1.165, 1.54) is 25.7 Å². The molecule has 1 aliphatic heterocycles. The summed E-state index contributed by atoms with van der Waals surface area (Å²) in [6.07, 6.45) is 7.80. The highest BCUT2D eigenvalue weighted by molar-refractivity contribution is 5.84. The second kappa shape index (κ2) is 6.02. The molecule has 0 spiro atoms. The van der Waals surface area contributed by atoms with Gasteiger partial charge >= 0.3 is 0 Å². The number of nitrogens with one attached hydrogen (secondary N) is 1. The third-order valence-electron chi connectivity index (χ3n) is 4.69. The van der Waals surface area contributed by atoms with E-state index in [-0.39, 0.29) is 5.91 Å². The molecular weight excluding hydrogens is 226 g/mol. The topological polar surface area (TPSA) is 58.4 Å². The SMILES string of the molecule is CCN1CCCC(NC2CCCC2)(C(N)=O)CC1. The van der Waals surface area contributed by atoms with Crippen molar-refractivity contribution in [3.63, 3.8) is 0 Å². The maximum absolute atomic E-state index is 12.0. The summed E-state index contributed by atoms with van der Waals surface area (Å²) in [5.74, 6) is -0.146. The van der Waals surface area contributed by atoms with Gasteiger partial charge in [-0.25, -0.2) is 0 Å². The smallest absolute Gasteiger partial charge is 0.237 e. The molecule has 0 aromatic heterocycles. The standard InChI is InChI=1S/C14H27N3O/c1-2-17-10-5-8-14(9-11-17,13(15)18)16-12-6-3-4-7-12/h12,16H,2-11H2,1H3,(H2,15,18). The minimum atomic E-state index is -0.446. The van der Waals surface area contributed by atoms with E-state index < -0.39 is 5.54 Å². The summed E-state index contributed by atoms with van der Waals surface area (Å²) < 4.78 is 0. The van der Waals surface area contributed by atoms with Crippen LogP contribution in [0.25, 0.3) is 0 Å². The molecule has 1 unspecified atom stereocenters. The van der Waals surface area contributed by atoms with Crippen LogP contribution in [0.2, 0.25) is 0 Å². The summed E-state index contributed by atoms with van der Waals surface area (Å²) in [4.78, 5) is 14.4. The predicted molar refractivity (Wildman–Crippen MR) is 73.3 cm³/mol. The molecule has 1 saturated heterocycles. The van der Waals surface area contributed by atoms with E-state index in [9.17, 15) is 4.79 Å². The molecule has 1 saturated carbocycles. The van der Waals surface area contributed by atoms with Crippen molar-refractivity contribution in [3.05, 3.63) is 0 Å². The molecule has 1 amide bonds. The Morgan fingerprint density at radius 1 is 1.28 bits per heavy atom. The van der Waals surface area contributed by atoms with E-state index >= 15 is 0 Å². The molecule has 2 fully saturated rings. The van der Waals surface area contributed by atoms with Gasteiger partial charge in [0.15, 0.2) is 0 Å². The Balaban J connectivity index is 2.03. The number of rotatable bonds is 4. The lowest BCUT2D eigenvalue weighted by molar-refractivity contribution is -0.125. The van der Waals surface area contributed by atoms with Crippen LogP contribution in [0.5, 0.6) is 0 Å². The van der Waals surface area contributed by atoms with Crippen LogP contribution in [0.3, 0.4) is 0 Å². The zero-order valence-corrected chi connectivity index (χ0v) is 11.6. The fraction of sp³-hybridized carbons (Fsp3) is 0.929. The van der Waals surface area contributed by atoms with Crippen molar-refractivity contribution in [3.8, 4) is 0 Å². The van der Waals surface area contributed by atoms with Gasteiger partial charge in [-0.2, -0.15) is 0 Å². The maximum atomic E-state index is 12.0. The molecule has 1 heterocycles. The first-order valence-corrected chi connectivity index (χ1v) is 7.46. The van der Waals surface area contributed by atoms with Crippen LogP contribution in [0.15, 0.2) is 0 Å².